The van der Waals surface area contributed by atoms with Gasteiger partial charge in [-0.15, -0.1) is 0 Å². The quantitative estimate of drug-likeness (QED) is 0.689. The second-order valence-electron chi connectivity index (χ2n) is 4.76. The van der Waals surface area contributed by atoms with Gasteiger partial charge in [0.05, 0.1) is 6.04 Å². The van der Waals surface area contributed by atoms with Crippen molar-refractivity contribution in [1.82, 2.24) is 0 Å². The van der Waals surface area contributed by atoms with Crippen LogP contribution in [0.4, 0.5) is 0 Å². The first-order valence-corrected chi connectivity index (χ1v) is 7.43. The van der Waals surface area contributed by atoms with Gasteiger partial charge < -0.3 is 10.2 Å². The molecule has 2 nitrogen and oxygen atoms in total. The van der Waals surface area contributed by atoms with Gasteiger partial charge in [-0.25, -0.2) is 0 Å². The minimum atomic E-state index is -0.293. The van der Waals surface area contributed by atoms with Crippen molar-refractivity contribution < 1.29 is 4.42 Å². The van der Waals surface area contributed by atoms with Crippen LogP contribution < -0.4 is 5.73 Å². The number of hydrogen-bond donors (Lipinski definition) is 1. The van der Waals surface area contributed by atoms with Crippen molar-refractivity contribution >= 4 is 38.5 Å². The maximum Gasteiger partial charge on any atom is 0.134 e. The molecule has 1 heterocycles. The third kappa shape index (κ3) is 2.37. The molecule has 4 heteroatoms. The maximum atomic E-state index is 6.32. The fourth-order valence-electron chi connectivity index (χ4n) is 2.33. The molecule has 1 unspecified atom stereocenters. The van der Waals surface area contributed by atoms with Crippen LogP contribution in [0.1, 0.15) is 22.9 Å². The third-order valence-corrected chi connectivity index (χ3v) is 4.19. The molecule has 0 aliphatic heterocycles. The number of fused-ring (bicyclic) bond motifs is 1. The van der Waals surface area contributed by atoms with Gasteiger partial charge in [-0.05, 0) is 42.8 Å². The zero-order valence-electron chi connectivity index (χ0n) is 10.9. The van der Waals surface area contributed by atoms with E-state index in [9.17, 15) is 0 Å². The molecule has 0 amide bonds. The molecule has 0 spiro atoms. The average molecular weight is 351 g/mol. The van der Waals surface area contributed by atoms with E-state index in [1.54, 1.807) is 0 Å². The summed E-state index contributed by atoms with van der Waals surface area (Å²) in [6.07, 6.45) is 0. The van der Waals surface area contributed by atoms with E-state index in [4.69, 9.17) is 21.8 Å². The lowest BCUT2D eigenvalue weighted by Crippen LogP contribution is -2.11. The SMILES string of the molecule is Cc1c(C(N)c2ccc(Cl)cc2)oc2ccc(Br)cc12. The van der Waals surface area contributed by atoms with Crippen LogP contribution in [0.2, 0.25) is 5.02 Å². The van der Waals surface area contributed by atoms with Crippen molar-refractivity contribution in [3.05, 3.63) is 68.8 Å². The van der Waals surface area contributed by atoms with E-state index in [1.165, 1.54) is 0 Å². The molecule has 3 rings (SSSR count). The molecule has 3 aromatic rings. The molecular weight excluding hydrogens is 338 g/mol. The largest absolute Gasteiger partial charge is 0.459 e. The van der Waals surface area contributed by atoms with Gasteiger partial charge in [0.15, 0.2) is 0 Å². The van der Waals surface area contributed by atoms with E-state index < -0.39 is 0 Å². The summed E-state index contributed by atoms with van der Waals surface area (Å²) < 4.78 is 6.95. The zero-order valence-corrected chi connectivity index (χ0v) is 13.2. The van der Waals surface area contributed by atoms with Gasteiger partial charge in [0.2, 0.25) is 0 Å². The Balaban J connectivity index is 2.09. The molecule has 1 aromatic heterocycles. The molecule has 102 valence electrons. The lowest BCUT2D eigenvalue weighted by Gasteiger charge is -2.10. The van der Waals surface area contributed by atoms with E-state index in [-0.39, 0.29) is 6.04 Å². The highest BCUT2D eigenvalue weighted by molar-refractivity contribution is 9.10. The van der Waals surface area contributed by atoms with E-state index in [1.807, 2.05) is 49.4 Å². The third-order valence-electron chi connectivity index (χ3n) is 3.45. The summed E-state index contributed by atoms with van der Waals surface area (Å²) in [6, 6.07) is 13.2. The van der Waals surface area contributed by atoms with Crippen LogP contribution in [0.5, 0.6) is 0 Å². The Morgan fingerprint density at radius 2 is 1.85 bits per heavy atom. The highest BCUT2D eigenvalue weighted by Crippen LogP contribution is 2.33. The van der Waals surface area contributed by atoms with Crippen LogP contribution in [0.3, 0.4) is 0 Å². The Hall–Kier alpha value is -1.29. The number of aryl methyl sites for hydroxylation is 1. The number of nitrogens with two attached hydrogens (primary N) is 1. The highest BCUT2D eigenvalue weighted by atomic mass is 79.9. The van der Waals surface area contributed by atoms with Gasteiger partial charge in [-0.2, -0.15) is 0 Å². The first kappa shape index (κ1) is 13.7. The normalized spacial score (nSPS) is 12.8. The molecule has 0 aliphatic rings. The monoisotopic (exact) mass is 349 g/mol. The molecule has 20 heavy (non-hydrogen) atoms. The van der Waals surface area contributed by atoms with Crippen LogP contribution in [0, 0.1) is 6.92 Å². The van der Waals surface area contributed by atoms with Crippen LogP contribution in [-0.2, 0) is 0 Å². The summed E-state index contributed by atoms with van der Waals surface area (Å²) in [5.41, 5.74) is 9.23. The van der Waals surface area contributed by atoms with Gasteiger partial charge in [0, 0.05) is 20.4 Å². The van der Waals surface area contributed by atoms with Crippen molar-refractivity contribution in [2.24, 2.45) is 5.73 Å². The van der Waals surface area contributed by atoms with Crippen LogP contribution in [0.15, 0.2) is 51.4 Å². The molecule has 0 radical (unpaired) electrons. The highest BCUT2D eigenvalue weighted by Gasteiger charge is 2.18. The summed E-state index contributed by atoms with van der Waals surface area (Å²) in [5.74, 6) is 0.792. The summed E-state index contributed by atoms with van der Waals surface area (Å²) in [4.78, 5) is 0. The number of furan rings is 1. The van der Waals surface area contributed by atoms with Gasteiger partial charge >= 0.3 is 0 Å². The fraction of sp³-hybridized carbons (Fsp3) is 0.125. The molecule has 0 aliphatic carbocycles. The minimum Gasteiger partial charge on any atom is -0.459 e. The van der Waals surface area contributed by atoms with Crippen molar-refractivity contribution in [3.63, 3.8) is 0 Å². The predicted octanol–water partition coefficient (Wildman–Crippen LogP) is 5.21. The lowest BCUT2D eigenvalue weighted by atomic mass is 10.0. The van der Waals surface area contributed by atoms with Crippen molar-refractivity contribution in [1.29, 1.82) is 0 Å². The fourth-order valence-corrected chi connectivity index (χ4v) is 2.82. The molecular formula is C16H13BrClNO. The summed E-state index contributed by atoms with van der Waals surface area (Å²) in [7, 11) is 0. The zero-order chi connectivity index (χ0) is 14.3. The minimum absolute atomic E-state index is 0.293. The first-order chi connectivity index (χ1) is 9.56. The molecule has 1 atom stereocenters. The van der Waals surface area contributed by atoms with Gasteiger partial charge in [0.25, 0.3) is 0 Å². The Morgan fingerprint density at radius 3 is 2.55 bits per heavy atom. The molecule has 0 fully saturated rings. The second-order valence-corrected chi connectivity index (χ2v) is 6.11. The molecule has 2 aromatic carbocycles. The predicted molar refractivity (Wildman–Crippen MR) is 86.1 cm³/mol. The Bertz CT molecular complexity index is 764. The second kappa shape index (κ2) is 5.24. The maximum absolute atomic E-state index is 6.32. The van der Waals surface area contributed by atoms with E-state index in [0.717, 1.165) is 32.3 Å². The van der Waals surface area contributed by atoms with E-state index >= 15 is 0 Å². The van der Waals surface area contributed by atoms with Crippen LogP contribution >= 0.6 is 27.5 Å². The number of halogens is 2. The van der Waals surface area contributed by atoms with Crippen molar-refractivity contribution in [3.8, 4) is 0 Å². The van der Waals surface area contributed by atoms with Crippen molar-refractivity contribution in [2.75, 3.05) is 0 Å². The Kier molecular flexibility index (Phi) is 3.59. The smallest absolute Gasteiger partial charge is 0.134 e. The standard InChI is InChI=1S/C16H13BrClNO/c1-9-13-8-11(17)4-7-14(13)20-16(9)15(19)10-2-5-12(18)6-3-10/h2-8,15H,19H2,1H3. The summed E-state index contributed by atoms with van der Waals surface area (Å²) >= 11 is 9.38. The van der Waals surface area contributed by atoms with Gasteiger partial charge in [-0.1, -0.05) is 39.7 Å². The Labute approximate surface area is 130 Å². The van der Waals surface area contributed by atoms with Gasteiger partial charge in [0.1, 0.15) is 11.3 Å². The van der Waals surface area contributed by atoms with E-state index in [0.29, 0.717) is 5.02 Å². The summed E-state index contributed by atoms with van der Waals surface area (Å²) in [6.45, 7) is 2.03. The number of rotatable bonds is 2. The average Bonchev–Trinajstić information content (AvgIpc) is 2.76. The molecule has 0 saturated heterocycles. The summed E-state index contributed by atoms with van der Waals surface area (Å²) in [5, 5.41) is 1.78. The Morgan fingerprint density at radius 1 is 1.15 bits per heavy atom. The van der Waals surface area contributed by atoms with Crippen LogP contribution in [0.25, 0.3) is 11.0 Å². The van der Waals surface area contributed by atoms with Crippen LogP contribution in [-0.4, -0.2) is 0 Å². The lowest BCUT2D eigenvalue weighted by molar-refractivity contribution is 0.521. The van der Waals surface area contributed by atoms with Crippen molar-refractivity contribution in [2.45, 2.75) is 13.0 Å². The molecule has 2 N–H and O–H groups in total. The first-order valence-electron chi connectivity index (χ1n) is 6.26. The number of hydrogen-bond acceptors (Lipinski definition) is 2. The molecule has 0 saturated carbocycles. The van der Waals surface area contributed by atoms with E-state index in [2.05, 4.69) is 15.9 Å². The van der Waals surface area contributed by atoms with Gasteiger partial charge in [-0.3, -0.25) is 0 Å². The number of benzene rings is 2. The molecule has 0 bridgehead atoms. The topological polar surface area (TPSA) is 39.2 Å².